The zero-order valence-corrected chi connectivity index (χ0v) is 50.1. The summed E-state index contributed by atoms with van der Waals surface area (Å²) in [6.45, 7) is 14.3. The number of carbonyl (C=O) groups is 5. The molecule has 3 saturated heterocycles. The quantitative estimate of drug-likeness (QED) is 0.161. The molecule has 4 amide bonds. The number of carbonyl (C=O) groups excluding carboxylic acids is 5. The average Bonchev–Trinajstić information content (AvgIpc) is 3.97. The Bertz CT molecular complexity index is 2720. The van der Waals surface area contributed by atoms with E-state index in [1.54, 1.807) is 25.3 Å². The summed E-state index contributed by atoms with van der Waals surface area (Å²) in [7, 11) is 5.37. The maximum absolute atomic E-state index is 14.8. The molecule has 2 aromatic carbocycles. The summed E-state index contributed by atoms with van der Waals surface area (Å²) >= 11 is 0. The molecule has 6 heterocycles. The maximum atomic E-state index is 14.8. The van der Waals surface area contributed by atoms with Crippen LogP contribution in [0.3, 0.4) is 0 Å². The van der Waals surface area contributed by atoms with E-state index in [0.717, 1.165) is 63.2 Å². The number of hydrogen-bond acceptors (Lipinski definition) is 11. The van der Waals surface area contributed by atoms with Crippen LogP contribution in [0.1, 0.15) is 76.8 Å². The third kappa shape index (κ3) is 15.0. The molecule has 2 N–H and O–H groups in total. The summed E-state index contributed by atoms with van der Waals surface area (Å²) in [6, 6.07) is 15.7. The largest absolute Gasteiger partial charge is 0.464 e. The summed E-state index contributed by atoms with van der Waals surface area (Å²) < 4.78 is 19.5. The highest BCUT2D eigenvalue weighted by molar-refractivity contribution is 7.60. The number of aromatic nitrogens is 2. The number of pyridine rings is 1. The standard InChI is InChI=1S/C55H70N8O8.5H2S/c1-35(2)49(60(7)52(66)40-20-24-62(33-40)47(64)17-12-22-61-25-27-70-28-26-61)51(65)57-45-30-37-13-9-14-38(29-37)39-18-19-46-42(31-39)43(50(59(46)6)41-15-10-21-56-48(41)36(3)69-8)32-55(4,5)34-71-54(68)44-16-11-23-63(58-44)53(45)67;;;;;/h9-10,13-15,18-19,21,29,31,35-36,40,44-45,49,58H,11,16,20,22-28,30,32-34H2,1-8H3,(H,57,65);5*1H2/t36-,40-,44-,45-,49-;;;;;/m0...../s1. The van der Waals surface area contributed by atoms with Gasteiger partial charge in [-0.25, -0.2) is 5.43 Å². The second-order valence-corrected chi connectivity index (χ2v) is 20.7. The lowest BCUT2D eigenvalue weighted by atomic mass is 9.84. The third-order valence-corrected chi connectivity index (χ3v) is 14.5. The molecule has 0 spiro atoms. The maximum Gasteiger partial charge on any atom is 0.324 e. The molecule has 8 rings (SSSR count). The van der Waals surface area contributed by atoms with Gasteiger partial charge in [0.1, 0.15) is 18.1 Å². The smallest absolute Gasteiger partial charge is 0.324 e. The van der Waals surface area contributed by atoms with Crippen LogP contribution in [0.25, 0.3) is 33.3 Å². The Hall–Kier alpha value is -4.37. The molecule has 76 heavy (non-hydrogen) atoms. The third-order valence-electron chi connectivity index (χ3n) is 14.5. The summed E-state index contributed by atoms with van der Waals surface area (Å²) in [5.74, 6) is 2.99. The van der Waals surface area contributed by atoms with Gasteiger partial charge in [-0.15, -0.1) is 0 Å². The molecule has 4 aromatic rings. The molecule has 16 nitrogen and oxygen atoms in total. The molecule has 6 bridgehead atoms. The number of ether oxygens (including phenoxy) is 3. The van der Waals surface area contributed by atoms with E-state index in [1.807, 2.05) is 45.0 Å². The molecule has 3 fully saturated rings. The predicted molar refractivity (Wildman–Crippen MR) is 322 cm³/mol. The Labute approximate surface area is 483 Å². The Balaban J connectivity index is 0.00000304. The van der Waals surface area contributed by atoms with Crippen molar-refractivity contribution in [3.63, 3.8) is 0 Å². The minimum atomic E-state index is -1.06. The molecule has 4 aliphatic heterocycles. The van der Waals surface area contributed by atoms with Crippen LogP contribution in [0, 0.1) is 29.1 Å². The van der Waals surface area contributed by atoms with Gasteiger partial charge in [0.2, 0.25) is 11.8 Å². The normalized spacial score (nSPS) is 20.3. The molecule has 0 radical (unpaired) electrons. The van der Waals surface area contributed by atoms with Crippen molar-refractivity contribution in [3.05, 3.63) is 77.6 Å². The van der Waals surface area contributed by atoms with E-state index in [9.17, 15) is 24.0 Å². The first-order valence-electron chi connectivity index (χ1n) is 25.1. The van der Waals surface area contributed by atoms with Crippen LogP contribution in [0.2, 0.25) is 0 Å². The molecule has 0 aliphatic carbocycles. The van der Waals surface area contributed by atoms with Gasteiger partial charge in [-0.05, 0) is 91.0 Å². The Morgan fingerprint density at radius 1 is 0.947 bits per heavy atom. The van der Waals surface area contributed by atoms with E-state index < -0.39 is 47.2 Å². The van der Waals surface area contributed by atoms with Gasteiger partial charge < -0.3 is 33.9 Å². The van der Waals surface area contributed by atoms with E-state index >= 15 is 0 Å². The predicted octanol–water partition coefficient (Wildman–Crippen LogP) is 5.49. The van der Waals surface area contributed by atoms with Crippen molar-refractivity contribution in [1.82, 2.24) is 40.0 Å². The minimum Gasteiger partial charge on any atom is -0.464 e. The van der Waals surface area contributed by atoms with Gasteiger partial charge in [0, 0.05) is 88.4 Å². The number of nitrogens with one attached hydrogen (secondary N) is 2. The first kappa shape index (κ1) is 65.9. The zero-order valence-electron chi connectivity index (χ0n) is 45.1. The molecule has 418 valence electrons. The van der Waals surface area contributed by atoms with Crippen molar-refractivity contribution in [2.75, 3.05) is 73.2 Å². The van der Waals surface area contributed by atoms with Gasteiger partial charge in [0.05, 0.1) is 49.8 Å². The summed E-state index contributed by atoms with van der Waals surface area (Å²) in [5, 5.41) is 5.57. The number of hydrogen-bond donors (Lipinski definition) is 2. The minimum absolute atomic E-state index is 0. The summed E-state index contributed by atoms with van der Waals surface area (Å²) in [5.41, 5.74) is 10.3. The summed E-state index contributed by atoms with van der Waals surface area (Å²) in [4.78, 5) is 80.6. The number of likely N-dealkylation sites (tertiary alicyclic amines) is 1. The van der Waals surface area contributed by atoms with Crippen molar-refractivity contribution in [2.24, 2.45) is 24.3 Å². The second kappa shape index (κ2) is 29.0. The van der Waals surface area contributed by atoms with E-state index in [-0.39, 0.29) is 111 Å². The molecule has 0 saturated carbocycles. The fourth-order valence-electron chi connectivity index (χ4n) is 10.6. The van der Waals surface area contributed by atoms with Crippen LogP contribution in [0.5, 0.6) is 0 Å². The Morgan fingerprint density at radius 3 is 2.38 bits per heavy atom. The van der Waals surface area contributed by atoms with Crippen LogP contribution in [-0.2, 0) is 58.1 Å². The highest BCUT2D eigenvalue weighted by atomic mass is 32.1. The fraction of sp³-hybridized carbons (Fsp3) is 0.527. The van der Waals surface area contributed by atoms with Crippen molar-refractivity contribution < 1.29 is 38.2 Å². The van der Waals surface area contributed by atoms with Gasteiger partial charge in [-0.3, -0.25) is 38.9 Å². The number of hydrazine groups is 1. The first-order valence-corrected chi connectivity index (χ1v) is 25.1. The average molecular weight is 1140 g/mol. The van der Waals surface area contributed by atoms with Crippen LogP contribution in [0.4, 0.5) is 0 Å². The Morgan fingerprint density at radius 2 is 1.67 bits per heavy atom. The molecule has 0 unspecified atom stereocenters. The molecule has 5 atom stereocenters. The highest BCUT2D eigenvalue weighted by Crippen LogP contribution is 2.41. The van der Waals surface area contributed by atoms with Crippen LogP contribution in [0.15, 0.2) is 60.8 Å². The van der Waals surface area contributed by atoms with Gasteiger partial charge in [0.15, 0.2) is 0 Å². The van der Waals surface area contributed by atoms with Gasteiger partial charge in [0.25, 0.3) is 11.8 Å². The fourth-order valence-corrected chi connectivity index (χ4v) is 10.6. The van der Waals surface area contributed by atoms with Gasteiger partial charge in [-0.1, -0.05) is 63.9 Å². The van der Waals surface area contributed by atoms with Crippen molar-refractivity contribution in [3.8, 4) is 34.2 Å². The molecule has 2 aromatic heterocycles. The molecule has 21 heteroatoms. The summed E-state index contributed by atoms with van der Waals surface area (Å²) in [6.07, 6.45) is 3.70. The van der Waals surface area contributed by atoms with E-state index in [1.165, 1.54) is 9.91 Å². The van der Waals surface area contributed by atoms with Crippen LogP contribution >= 0.6 is 67.5 Å². The zero-order chi connectivity index (χ0) is 50.6. The Kier molecular flexibility index (Phi) is 25.2. The van der Waals surface area contributed by atoms with Crippen LogP contribution in [-0.4, -0.2) is 150 Å². The SMILES string of the molecule is CO[C@@H](C)c1ncccc1-c1c2c3cc(ccc3n1C)-c1cccc(c1)C[C@H](NC(=O)[C@H](C(C)C)N(C)C(=O)[C@H]1CCN(C(=O)C#CCN3CCOCC3)C1)C(=O)N1CCC[C@H](N1)C(=O)OCC(C)(C)C2.S.S.S.S.S. The van der Waals surface area contributed by atoms with Crippen molar-refractivity contribution in [2.45, 2.75) is 91.0 Å². The lowest BCUT2D eigenvalue weighted by Gasteiger charge is -2.37. The molecular weight excluding hydrogens is 1060 g/mol. The highest BCUT2D eigenvalue weighted by Gasteiger charge is 2.40. The number of aryl methyl sites for hydroxylation is 1. The van der Waals surface area contributed by atoms with E-state index in [0.29, 0.717) is 58.5 Å². The first-order chi connectivity index (χ1) is 34.0. The van der Waals surface area contributed by atoms with E-state index in [2.05, 4.69) is 83.3 Å². The lowest BCUT2D eigenvalue weighted by molar-refractivity contribution is -0.155. The number of fused-ring (bicyclic) bond motifs is 6. The number of methoxy groups -OCH3 is 1. The van der Waals surface area contributed by atoms with Crippen LogP contribution < -0.4 is 10.7 Å². The topological polar surface area (TPSA) is 168 Å². The number of cyclic esters (lactones) is 1. The van der Waals surface area contributed by atoms with Crippen molar-refractivity contribution in [1.29, 1.82) is 0 Å². The van der Waals surface area contributed by atoms with E-state index in [4.69, 9.17) is 19.2 Å². The molecule has 4 aliphatic rings. The number of amides is 4. The second-order valence-electron chi connectivity index (χ2n) is 20.7. The number of likely N-dealkylation sites (N-methyl/N-ethyl adjacent to an activating group) is 1. The number of nitrogens with zero attached hydrogens (tertiary/aromatic N) is 6. The number of benzene rings is 2. The monoisotopic (exact) mass is 1140 g/mol. The van der Waals surface area contributed by atoms with Gasteiger partial charge in [-0.2, -0.15) is 67.5 Å². The lowest BCUT2D eigenvalue weighted by Crippen LogP contribution is -2.62. The number of morpholine rings is 1. The number of rotatable bonds is 9. The van der Waals surface area contributed by atoms with Crippen molar-refractivity contribution >= 4 is 108 Å². The van der Waals surface area contributed by atoms with Gasteiger partial charge >= 0.3 is 5.97 Å². The number of esters is 1. The molecular formula is C55H80N8O8S5.